The maximum atomic E-state index is 11.3. The van der Waals surface area contributed by atoms with E-state index >= 15 is 0 Å². The Bertz CT molecular complexity index is 478. The minimum Gasteiger partial charge on any atom is -0.480 e. The number of nitrogens with one attached hydrogen (secondary N) is 1. The van der Waals surface area contributed by atoms with Gasteiger partial charge in [-0.05, 0) is 19.1 Å². The van der Waals surface area contributed by atoms with E-state index in [1.165, 1.54) is 0 Å². The van der Waals surface area contributed by atoms with E-state index in [9.17, 15) is 4.79 Å². The Labute approximate surface area is 105 Å². The molecule has 3 heterocycles. The Balaban J connectivity index is 1.85. The molecule has 0 radical (unpaired) electrons. The van der Waals surface area contributed by atoms with Crippen molar-refractivity contribution in [1.29, 1.82) is 0 Å². The molecule has 1 aromatic rings. The molecule has 2 aliphatic rings. The van der Waals surface area contributed by atoms with Gasteiger partial charge in [-0.2, -0.15) is 0 Å². The first-order valence-corrected chi connectivity index (χ1v) is 6.02. The standard InChI is InChI=1S/C12H15N3O3/c1-8-6-15(4-5-17-8)10-3-2-9-12(13-10)14-11(16)7-18-9/h2-3,8H,4-7H2,1H3,(H,13,14,16)/t8-/m0/s1. The topological polar surface area (TPSA) is 63.7 Å². The van der Waals surface area contributed by atoms with E-state index in [0.717, 1.165) is 18.9 Å². The summed E-state index contributed by atoms with van der Waals surface area (Å²) in [6.45, 7) is 4.41. The number of hydrogen-bond acceptors (Lipinski definition) is 5. The zero-order valence-corrected chi connectivity index (χ0v) is 10.2. The monoisotopic (exact) mass is 249 g/mol. The van der Waals surface area contributed by atoms with Gasteiger partial charge in [-0.1, -0.05) is 0 Å². The molecular formula is C12H15N3O3. The van der Waals surface area contributed by atoms with Crippen molar-refractivity contribution in [3.63, 3.8) is 0 Å². The maximum Gasteiger partial charge on any atom is 0.263 e. The van der Waals surface area contributed by atoms with Gasteiger partial charge in [0, 0.05) is 13.1 Å². The summed E-state index contributed by atoms with van der Waals surface area (Å²) >= 11 is 0. The average molecular weight is 249 g/mol. The first-order chi connectivity index (χ1) is 8.72. The van der Waals surface area contributed by atoms with Gasteiger partial charge in [-0.3, -0.25) is 4.79 Å². The molecule has 1 aromatic heterocycles. The lowest BCUT2D eigenvalue weighted by atomic mass is 10.3. The van der Waals surface area contributed by atoms with Gasteiger partial charge in [0.2, 0.25) is 0 Å². The summed E-state index contributed by atoms with van der Waals surface area (Å²) in [5.41, 5.74) is 0. The van der Waals surface area contributed by atoms with E-state index in [1.807, 2.05) is 19.1 Å². The molecule has 0 unspecified atom stereocenters. The van der Waals surface area contributed by atoms with Gasteiger partial charge in [0.05, 0.1) is 12.7 Å². The van der Waals surface area contributed by atoms with Crippen LogP contribution in [0.3, 0.4) is 0 Å². The highest BCUT2D eigenvalue weighted by atomic mass is 16.5. The molecule has 0 aliphatic carbocycles. The molecule has 1 N–H and O–H groups in total. The summed E-state index contributed by atoms with van der Waals surface area (Å²) in [6, 6.07) is 3.76. The van der Waals surface area contributed by atoms with Crippen LogP contribution in [0.5, 0.6) is 5.75 Å². The summed E-state index contributed by atoms with van der Waals surface area (Å²) in [5, 5.41) is 2.72. The van der Waals surface area contributed by atoms with E-state index in [2.05, 4.69) is 15.2 Å². The number of carbonyl (C=O) groups is 1. The Morgan fingerprint density at radius 2 is 2.39 bits per heavy atom. The second kappa shape index (κ2) is 4.45. The minimum atomic E-state index is -0.164. The third-order valence-electron chi connectivity index (χ3n) is 3.03. The largest absolute Gasteiger partial charge is 0.480 e. The number of rotatable bonds is 1. The van der Waals surface area contributed by atoms with Crippen LogP contribution in [-0.2, 0) is 9.53 Å². The summed E-state index contributed by atoms with van der Waals surface area (Å²) < 4.78 is 10.8. The predicted molar refractivity (Wildman–Crippen MR) is 66.0 cm³/mol. The van der Waals surface area contributed by atoms with E-state index in [-0.39, 0.29) is 18.6 Å². The van der Waals surface area contributed by atoms with Gasteiger partial charge in [-0.15, -0.1) is 0 Å². The van der Waals surface area contributed by atoms with Crippen molar-refractivity contribution in [2.24, 2.45) is 0 Å². The van der Waals surface area contributed by atoms with Gasteiger partial charge in [-0.25, -0.2) is 4.98 Å². The van der Waals surface area contributed by atoms with Crippen LogP contribution in [0.4, 0.5) is 11.6 Å². The highest BCUT2D eigenvalue weighted by Crippen LogP contribution is 2.28. The number of nitrogens with zero attached hydrogens (tertiary/aromatic N) is 2. The van der Waals surface area contributed by atoms with Gasteiger partial charge < -0.3 is 19.7 Å². The number of anilines is 2. The molecule has 6 heteroatoms. The summed E-state index contributed by atoms with van der Waals surface area (Å²) in [6.07, 6.45) is 0.197. The number of pyridine rings is 1. The number of carbonyl (C=O) groups excluding carboxylic acids is 1. The third kappa shape index (κ3) is 2.11. The molecular weight excluding hydrogens is 234 g/mol. The molecule has 1 atom stereocenters. The second-order valence-corrected chi connectivity index (χ2v) is 4.48. The smallest absolute Gasteiger partial charge is 0.263 e. The first-order valence-electron chi connectivity index (χ1n) is 6.02. The zero-order chi connectivity index (χ0) is 12.5. The van der Waals surface area contributed by atoms with Crippen LogP contribution in [-0.4, -0.2) is 43.3 Å². The lowest BCUT2D eigenvalue weighted by molar-refractivity contribution is -0.118. The van der Waals surface area contributed by atoms with Crippen LogP contribution in [0.15, 0.2) is 12.1 Å². The van der Waals surface area contributed by atoms with Gasteiger partial charge in [0.15, 0.2) is 18.2 Å². The van der Waals surface area contributed by atoms with Crippen LogP contribution in [0.1, 0.15) is 6.92 Å². The molecule has 2 aliphatic heterocycles. The lowest BCUT2D eigenvalue weighted by Gasteiger charge is -2.32. The molecule has 0 bridgehead atoms. The molecule has 18 heavy (non-hydrogen) atoms. The van der Waals surface area contributed by atoms with Crippen molar-refractivity contribution in [3.8, 4) is 5.75 Å². The van der Waals surface area contributed by atoms with E-state index in [0.29, 0.717) is 18.2 Å². The van der Waals surface area contributed by atoms with Gasteiger partial charge in [0.1, 0.15) is 5.82 Å². The van der Waals surface area contributed by atoms with Crippen molar-refractivity contribution in [3.05, 3.63) is 12.1 Å². The number of amides is 1. The number of hydrogen-bond donors (Lipinski definition) is 1. The molecule has 0 spiro atoms. The Morgan fingerprint density at radius 1 is 1.50 bits per heavy atom. The quantitative estimate of drug-likeness (QED) is 0.791. The lowest BCUT2D eigenvalue weighted by Crippen LogP contribution is -2.41. The van der Waals surface area contributed by atoms with Crippen LogP contribution >= 0.6 is 0 Å². The van der Waals surface area contributed by atoms with Crippen molar-refractivity contribution >= 4 is 17.5 Å². The molecule has 0 saturated carbocycles. The fourth-order valence-electron chi connectivity index (χ4n) is 2.16. The van der Waals surface area contributed by atoms with E-state index < -0.39 is 0 Å². The first kappa shape index (κ1) is 11.3. The van der Waals surface area contributed by atoms with Gasteiger partial charge in [0.25, 0.3) is 5.91 Å². The second-order valence-electron chi connectivity index (χ2n) is 4.48. The average Bonchev–Trinajstić information content (AvgIpc) is 2.38. The molecule has 1 amide bonds. The summed E-state index contributed by atoms with van der Waals surface area (Å²) in [5.74, 6) is 1.81. The maximum absolute atomic E-state index is 11.3. The Kier molecular flexibility index (Phi) is 2.79. The fourth-order valence-corrected chi connectivity index (χ4v) is 2.16. The van der Waals surface area contributed by atoms with Gasteiger partial charge >= 0.3 is 0 Å². The van der Waals surface area contributed by atoms with Crippen molar-refractivity contribution in [2.45, 2.75) is 13.0 Å². The van der Waals surface area contributed by atoms with Crippen LogP contribution in [0, 0.1) is 0 Å². The Hall–Kier alpha value is -1.82. The summed E-state index contributed by atoms with van der Waals surface area (Å²) in [7, 11) is 0. The van der Waals surface area contributed by atoms with Crippen LogP contribution in [0.25, 0.3) is 0 Å². The minimum absolute atomic E-state index is 0.0581. The van der Waals surface area contributed by atoms with Crippen molar-refractivity contribution < 1.29 is 14.3 Å². The number of morpholine rings is 1. The third-order valence-corrected chi connectivity index (χ3v) is 3.03. The van der Waals surface area contributed by atoms with Crippen molar-refractivity contribution in [2.75, 3.05) is 36.5 Å². The van der Waals surface area contributed by atoms with E-state index in [4.69, 9.17) is 9.47 Å². The Morgan fingerprint density at radius 3 is 3.22 bits per heavy atom. The molecule has 0 aromatic carbocycles. The number of aromatic nitrogens is 1. The van der Waals surface area contributed by atoms with Crippen molar-refractivity contribution in [1.82, 2.24) is 4.98 Å². The fraction of sp³-hybridized carbons (Fsp3) is 0.500. The molecule has 6 nitrogen and oxygen atoms in total. The normalized spacial score (nSPS) is 23.1. The molecule has 96 valence electrons. The highest BCUT2D eigenvalue weighted by Gasteiger charge is 2.22. The highest BCUT2D eigenvalue weighted by molar-refractivity contribution is 5.94. The predicted octanol–water partition coefficient (Wildman–Crippen LogP) is 0.638. The zero-order valence-electron chi connectivity index (χ0n) is 10.2. The number of fused-ring (bicyclic) bond motifs is 1. The molecule has 3 rings (SSSR count). The van der Waals surface area contributed by atoms with Crippen LogP contribution in [0.2, 0.25) is 0 Å². The SMILES string of the molecule is C[C@H]1CN(c2ccc3c(n2)NC(=O)CO3)CCO1. The molecule has 1 fully saturated rings. The number of ether oxygens (including phenoxy) is 2. The van der Waals surface area contributed by atoms with E-state index in [1.54, 1.807) is 0 Å². The molecule has 1 saturated heterocycles. The summed E-state index contributed by atoms with van der Waals surface area (Å²) in [4.78, 5) is 17.8. The van der Waals surface area contributed by atoms with Crippen LogP contribution < -0.4 is 15.0 Å².